The van der Waals surface area contributed by atoms with E-state index >= 15 is 0 Å². The maximum absolute atomic E-state index is 13.9. The third-order valence-corrected chi connectivity index (χ3v) is 6.60. The molecule has 2 aliphatic rings. The minimum atomic E-state index is -0.462. The molecular weight excluding hydrogens is 475 g/mol. The first-order valence-electron chi connectivity index (χ1n) is 10.6. The monoisotopic (exact) mass is 492 g/mol. The standard InChI is InChI=1S/C25H18ClFN4O2S/c26-17-12-15(6-8-18(17)27)30-11-3-5-20(30)24-23(19-4-1-2-10-28-19)29-25(34)31(24)16-7-9-21-22(13-16)33-14-32-21/h1-13,23-24H,14H2,(H,29,34)/t23-,24-/m1/s1. The molecule has 0 bridgehead atoms. The van der Waals surface area contributed by atoms with Crippen molar-refractivity contribution in [2.24, 2.45) is 0 Å². The Labute approximate surface area is 205 Å². The van der Waals surface area contributed by atoms with Crippen LogP contribution in [0.15, 0.2) is 79.1 Å². The number of aromatic nitrogens is 2. The molecule has 0 aliphatic carbocycles. The van der Waals surface area contributed by atoms with Crippen LogP contribution in [-0.2, 0) is 0 Å². The van der Waals surface area contributed by atoms with Crippen LogP contribution in [0.1, 0.15) is 23.5 Å². The molecule has 4 aromatic rings. The fourth-order valence-electron chi connectivity index (χ4n) is 4.47. The van der Waals surface area contributed by atoms with Crippen molar-refractivity contribution in [1.82, 2.24) is 14.9 Å². The highest BCUT2D eigenvalue weighted by Gasteiger charge is 2.42. The second-order valence-corrected chi connectivity index (χ2v) is 8.73. The van der Waals surface area contributed by atoms with Gasteiger partial charge in [-0.15, -0.1) is 0 Å². The van der Waals surface area contributed by atoms with E-state index in [-0.39, 0.29) is 23.9 Å². The van der Waals surface area contributed by atoms with Gasteiger partial charge in [0.1, 0.15) is 11.9 Å². The number of pyridine rings is 1. The summed E-state index contributed by atoms with van der Waals surface area (Å²) in [5, 5.41) is 4.07. The fourth-order valence-corrected chi connectivity index (χ4v) is 4.99. The summed E-state index contributed by atoms with van der Waals surface area (Å²) in [5.74, 6) is 0.904. The predicted octanol–water partition coefficient (Wildman–Crippen LogP) is 5.57. The van der Waals surface area contributed by atoms with Gasteiger partial charge >= 0.3 is 0 Å². The topological polar surface area (TPSA) is 51.6 Å². The molecule has 6 nitrogen and oxygen atoms in total. The molecule has 170 valence electrons. The first kappa shape index (κ1) is 20.9. The summed E-state index contributed by atoms with van der Waals surface area (Å²) in [4.78, 5) is 6.65. The minimum absolute atomic E-state index is 0.0612. The van der Waals surface area contributed by atoms with Crippen molar-refractivity contribution in [2.75, 3.05) is 11.7 Å². The first-order valence-corrected chi connectivity index (χ1v) is 11.4. The van der Waals surface area contributed by atoms with Crippen LogP contribution in [0.5, 0.6) is 11.5 Å². The van der Waals surface area contributed by atoms with E-state index < -0.39 is 5.82 Å². The van der Waals surface area contributed by atoms with E-state index in [1.807, 2.05) is 64.2 Å². The third kappa shape index (κ3) is 3.46. The van der Waals surface area contributed by atoms with E-state index in [1.54, 1.807) is 18.3 Å². The van der Waals surface area contributed by atoms with E-state index in [2.05, 4.69) is 10.3 Å². The Hall–Kier alpha value is -3.62. The number of ether oxygens (including phenoxy) is 2. The average Bonchev–Trinajstić information content (AvgIpc) is 3.59. The van der Waals surface area contributed by atoms with Crippen LogP contribution < -0.4 is 19.7 Å². The number of hydrogen-bond acceptors (Lipinski definition) is 4. The number of anilines is 1. The Morgan fingerprint density at radius 3 is 2.68 bits per heavy atom. The molecule has 0 spiro atoms. The Kier molecular flexibility index (Phi) is 5.12. The lowest BCUT2D eigenvalue weighted by molar-refractivity contribution is 0.174. The van der Waals surface area contributed by atoms with Crippen molar-refractivity contribution in [2.45, 2.75) is 12.1 Å². The molecule has 2 aliphatic heterocycles. The highest BCUT2D eigenvalue weighted by Crippen LogP contribution is 2.45. The summed E-state index contributed by atoms with van der Waals surface area (Å²) in [6.07, 6.45) is 3.69. The summed E-state index contributed by atoms with van der Waals surface area (Å²) >= 11 is 11.9. The largest absolute Gasteiger partial charge is 0.454 e. The molecule has 0 saturated carbocycles. The number of fused-ring (bicyclic) bond motifs is 1. The molecule has 2 atom stereocenters. The van der Waals surface area contributed by atoms with Crippen molar-refractivity contribution >= 4 is 34.6 Å². The predicted molar refractivity (Wildman–Crippen MR) is 131 cm³/mol. The van der Waals surface area contributed by atoms with Crippen molar-refractivity contribution < 1.29 is 13.9 Å². The molecule has 1 saturated heterocycles. The molecular formula is C25H18ClFN4O2S. The molecule has 1 fully saturated rings. The first-order chi connectivity index (χ1) is 16.6. The minimum Gasteiger partial charge on any atom is -0.454 e. The van der Waals surface area contributed by atoms with Crippen LogP contribution in [0.4, 0.5) is 10.1 Å². The van der Waals surface area contributed by atoms with Gasteiger partial charge in [-0.25, -0.2) is 4.39 Å². The molecule has 2 aromatic heterocycles. The van der Waals surface area contributed by atoms with Crippen LogP contribution in [0.3, 0.4) is 0 Å². The van der Waals surface area contributed by atoms with Gasteiger partial charge in [0, 0.05) is 35.5 Å². The summed E-state index contributed by atoms with van der Waals surface area (Å²) < 4.78 is 26.9. The molecule has 0 radical (unpaired) electrons. The van der Waals surface area contributed by atoms with E-state index in [0.717, 1.165) is 22.8 Å². The molecule has 0 unspecified atom stereocenters. The average molecular weight is 493 g/mol. The van der Waals surface area contributed by atoms with E-state index in [0.29, 0.717) is 16.6 Å². The van der Waals surface area contributed by atoms with E-state index in [9.17, 15) is 4.39 Å². The van der Waals surface area contributed by atoms with Gasteiger partial charge in [0.25, 0.3) is 0 Å². The maximum Gasteiger partial charge on any atom is 0.231 e. The van der Waals surface area contributed by atoms with Crippen LogP contribution in [0.25, 0.3) is 5.69 Å². The molecule has 34 heavy (non-hydrogen) atoms. The van der Waals surface area contributed by atoms with Gasteiger partial charge in [-0.05, 0) is 66.8 Å². The molecule has 0 amide bonds. The Morgan fingerprint density at radius 1 is 1.00 bits per heavy atom. The lowest BCUT2D eigenvalue weighted by Crippen LogP contribution is -2.30. The molecule has 4 heterocycles. The van der Waals surface area contributed by atoms with Gasteiger partial charge in [0.2, 0.25) is 6.79 Å². The van der Waals surface area contributed by atoms with Gasteiger partial charge in [-0.2, -0.15) is 0 Å². The highest BCUT2D eigenvalue weighted by molar-refractivity contribution is 7.80. The second kappa shape index (κ2) is 8.30. The highest BCUT2D eigenvalue weighted by atomic mass is 35.5. The Bertz CT molecular complexity index is 1400. The van der Waals surface area contributed by atoms with Crippen molar-refractivity contribution in [3.63, 3.8) is 0 Å². The van der Waals surface area contributed by atoms with Gasteiger partial charge < -0.3 is 24.3 Å². The number of halogens is 2. The van der Waals surface area contributed by atoms with Gasteiger partial charge in [-0.3, -0.25) is 4.98 Å². The van der Waals surface area contributed by atoms with Crippen LogP contribution in [-0.4, -0.2) is 21.5 Å². The van der Waals surface area contributed by atoms with E-state index in [4.69, 9.17) is 33.3 Å². The Morgan fingerprint density at radius 2 is 1.85 bits per heavy atom. The number of hydrogen-bond donors (Lipinski definition) is 1. The maximum atomic E-state index is 13.9. The van der Waals surface area contributed by atoms with Gasteiger partial charge in [-0.1, -0.05) is 17.7 Å². The SMILES string of the molecule is Fc1ccc(-n2cccc2[C@@H]2[C@@H](c3ccccn3)NC(=S)N2c2ccc3c(c2)OCO3)cc1Cl. The molecule has 6 rings (SSSR count). The number of nitrogens with zero attached hydrogens (tertiary/aromatic N) is 3. The smallest absolute Gasteiger partial charge is 0.231 e. The van der Waals surface area contributed by atoms with Gasteiger partial charge in [0.05, 0.1) is 16.8 Å². The lowest BCUT2D eigenvalue weighted by atomic mass is 10.0. The summed E-state index contributed by atoms with van der Waals surface area (Å²) in [6.45, 7) is 0.190. The quantitative estimate of drug-likeness (QED) is 0.376. The van der Waals surface area contributed by atoms with Crippen molar-refractivity contribution in [3.05, 3.63) is 101 Å². The van der Waals surface area contributed by atoms with Crippen molar-refractivity contribution in [1.29, 1.82) is 0 Å². The lowest BCUT2D eigenvalue weighted by Gasteiger charge is -2.29. The van der Waals surface area contributed by atoms with Crippen LogP contribution in [0.2, 0.25) is 5.02 Å². The van der Waals surface area contributed by atoms with Crippen LogP contribution >= 0.6 is 23.8 Å². The zero-order chi connectivity index (χ0) is 23.2. The normalized spacial score (nSPS) is 18.9. The second-order valence-electron chi connectivity index (χ2n) is 7.94. The molecule has 1 N–H and O–H groups in total. The number of nitrogens with one attached hydrogen (secondary N) is 1. The number of benzene rings is 2. The summed E-state index contributed by atoms with van der Waals surface area (Å²) in [7, 11) is 0. The number of thiocarbonyl (C=S) groups is 1. The van der Waals surface area contributed by atoms with Gasteiger partial charge in [0.15, 0.2) is 16.6 Å². The van der Waals surface area contributed by atoms with E-state index in [1.165, 1.54) is 6.07 Å². The number of rotatable bonds is 4. The van der Waals surface area contributed by atoms with Crippen LogP contribution in [0, 0.1) is 5.82 Å². The zero-order valence-corrected chi connectivity index (χ0v) is 19.3. The summed E-state index contributed by atoms with van der Waals surface area (Å²) in [6, 6.07) is 19.7. The molecule has 9 heteroatoms. The summed E-state index contributed by atoms with van der Waals surface area (Å²) in [5.41, 5.74) is 3.39. The molecule has 2 aromatic carbocycles. The van der Waals surface area contributed by atoms with Crippen molar-refractivity contribution in [3.8, 4) is 17.2 Å². The third-order valence-electron chi connectivity index (χ3n) is 6.00. The fraction of sp³-hybridized carbons (Fsp3) is 0.120. The zero-order valence-electron chi connectivity index (χ0n) is 17.7. The Balaban J connectivity index is 1.50.